The van der Waals surface area contributed by atoms with E-state index in [9.17, 15) is 9.59 Å². The van der Waals surface area contributed by atoms with Gasteiger partial charge in [0.1, 0.15) is 0 Å². The van der Waals surface area contributed by atoms with Crippen molar-refractivity contribution >= 4 is 75.9 Å². The maximum Gasteiger partial charge on any atom is 0.238 e. The molecule has 23 heavy (non-hydrogen) atoms. The Morgan fingerprint density at radius 1 is 0.739 bits per heavy atom. The fourth-order valence-corrected chi connectivity index (χ4v) is 4.73. The van der Waals surface area contributed by atoms with Crippen LogP contribution in [0.15, 0.2) is 64.3 Å². The third kappa shape index (κ3) is 3.79. The lowest BCUT2D eigenvalue weighted by molar-refractivity contribution is 0.514. The molecule has 0 bridgehead atoms. The molecule has 0 aliphatic heterocycles. The van der Waals surface area contributed by atoms with Gasteiger partial charge in [0.15, 0.2) is 0 Å². The number of rotatable bonds is 4. The summed E-state index contributed by atoms with van der Waals surface area (Å²) in [6, 6.07) is 10.5. The van der Waals surface area contributed by atoms with Crippen LogP contribution in [0.1, 0.15) is 11.1 Å². The molecule has 0 radical (unpaired) electrons. The van der Waals surface area contributed by atoms with Gasteiger partial charge >= 0.3 is 0 Å². The van der Waals surface area contributed by atoms with Gasteiger partial charge in [0.25, 0.3) is 0 Å². The highest BCUT2D eigenvalue weighted by atomic mass is 79.9. The van der Waals surface area contributed by atoms with Crippen molar-refractivity contribution in [2.45, 2.75) is 5.66 Å². The topological polar surface area (TPSA) is 58.9 Å². The number of benzene rings is 2. The normalized spacial score (nSPS) is 10.6. The number of halogens is 4. The summed E-state index contributed by atoms with van der Waals surface area (Å²) in [4.78, 5) is 29.8. The molecule has 0 aromatic heterocycles. The Hall–Kier alpha value is -0.880. The van der Waals surface area contributed by atoms with E-state index in [-0.39, 0.29) is 0 Å². The van der Waals surface area contributed by atoms with Crippen LogP contribution in [0.3, 0.4) is 0 Å². The summed E-state index contributed by atoms with van der Waals surface area (Å²) in [5, 5.41) is 0. The Labute approximate surface area is 165 Å². The van der Waals surface area contributed by atoms with Gasteiger partial charge in [-0.3, -0.25) is 0 Å². The zero-order chi connectivity index (χ0) is 17.0. The van der Waals surface area contributed by atoms with Gasteiger partial charge in [-0.1, -0.05) is 75.9 Å². The van der Waals surface area contributed by atoms with E-state index in [1.807, 2.05) is 0 Å². The van der Waals surface area contributed by atoms with Crippen molar-refractivity contribution in [1.82, 2.24) is 0 Å². The van der Waals surface area contributed by atoms with Crippen LogP contribution < -0.4 is 0 Å². The molecule has 2 aromatic rings. The highest BCUT2D eigenvalue weighted by Crippen LogP contribution is 2.43. The minimum absolute atomic E-state index is 0.510. The molecule has 0 unspecified atom stereocenters. The van der Waals surface area contributed by atoms with Crippen molar-refractivity contribution in [3.05, 3.63) is 65.4 Å². The van der Waals surface area contributed by atoms with Crippen molar-refractivity contribution < 1.29 is 9.59 Å². The smallest absolute Gasteiger partial charge is 0.211 e. The standard InChI is InChI=1S/C15H6Br4N2O2/c16-9-1-3-11(13(18)5-9)15(20-7-22,21-8-23)12-4-2-10(17)6-14(12)19/h1-6H. The van der Waals surface area contributed by atoms with E-state index in [4.69, 9.17) is 0 Å². The zero-order valence-electron chi connectivity index (χ0n) is 11.2. The molecule has 0 amide bonds. The Kier molecular flexibility index (Phi) is 6.26. The van der Waals surface area contributed by atoms with E-state index in [0.717, 1.165) is 8.95 Å². The van der Waals surface area contributed by atoms with Crippen molar-refractivity contribution in [2.24, 2.45) is 9.98 Å². The molecule has 0 heterocycles. The molecule has 2 rings (SSSR count). The molecule has 0 N–H and O–H groups in total. The molecule has 0 aliphatic rings. The first kappa shape index (κ1) is 18.5. The summed E-state index contributed by atoms with van der Waals surface area (Å²) in [5.74, 6) is 0. The molecule has 4 nitrogen and oxygen atoms in total. The molecular formula is C15H6Br4N2O2. The van der Waals surface area contributed by atoms with Gasteiger partial charge in [0.2, 0.25) is 17.8 Å². The van der Waals surface area contributed by atoms with Crippen LogP contribution in [-0.2, 0) is 15.3 Å². The van der Waals surface area contributed by atoms with Crippen molar-refractivity contribution in [2.75, 3.05) is 0 Å². The molecule has 2 aromatic carbocycles. The number of hydrogen-bond acceptors (Lipinski definition) is 4. The summed E-state index contributed by atoms with van der Waals surface area (Å²) >= 11 is 13.6. The molecule has 0 spiro atoms. The fourth-order valence-electron chi connectivity index (χ4n) is 2.09. The summed E-state index contributed by atoms with van der Waals surface area (Å²) in [6.45, 7) is 0. The average molecular weight is 566 g/mol. The molecule has 8 heteroatoms. The number of carbonyl (C=O) groups excluding carboxylic acids is 2. The van der Waals surface area contributed by atoms with Crippen LogP contribution in [0.25, 0.3) is 0 Å². The minimum atomic E-state index is -1.58. The van der Waals surface area contributed by atoms with Gasteiger partial charge in [-0.25, -0.2) is 9.59 Å². The first-order valence-corrected chi connectivity index (χ1v) is 9.21. The lowest BCUT2D eigenvalue weighted by Crippen LogP contribution is -2.24. The average Bonchev–Trinajstić information content (AvgIpc) is 2.47. The number of aliphatic imine (C=N–C) groups is 2. The molecule has 0 saturated heterocycles. The predicted molar refractivity (Wildman–Crippen MR) is 101 cm³/mol. The summed E-state index contributed by atoms with van der Waals surface area (Å²) in [6.07, 6.45) is 3.02. The Morgan fingerprint density at radius 2 is 1.13 bits per heavy atom. The number of isocyanates is 2. The number of hydrogen-bond donors (Lipinski definition) is 0. The monoisotopic (exact) mass is 562 g/mol. The second-order valence-electron chi connectivity index (χ2n) is 4.33. The fraction of sp³-hybridized carbons (Fsp3) is 0.0667. The largest absolute Gasteiger partial charge is 0.238 e. The van der Waals surface area contributed by atoms with Crippen LogP contribution in [0, 0.1) is 0 Å². The van der Waals surface area contributed by atoms with E-state index < -0.39 is 5.66 Å². The van der Waals surface area contributed by atoms with Gasteiger partial charge in [-0.05, 0) is 24.3 Å². The molecular weight excluding hydrogens is 560 g/mol. The SMILES string of the molecule is O=C=NC(N=C=O)(c1ccc(Br)cc1Br)c1ccc(Br)cc1Br. The second-order valence-corrected chi connectivity index (χ2v) is 7.87. The summed E-state index contributed by atoms with van der Waals surface area (Å²) in [5.41, 5.74) is -0.561. The highest BCUT2D eigenvalue weighted by Gasteiger charge is 2.38. The van der Waals surface area contributed by atoms with Gasteiger partial charge in [0, 0.05) is 29.0 Å². The lowest BCUT2D eigenvalue weighted by atomic mass is 9.92. The first-order valence-electron chi connectivity index (χ1n) is 6.03. The van der Waals surface area contributed by atoms with Crippen LogP contribution in [0.2, 0.25) is 0 Å². The molecule has 116 valence electrons. The second kappa shape index (κ2) is 7.79. The Balaban J connectivity index is 2.90. The van der Waals surface area contributed by atoms with E-state index in [0.29, 0.717) is 20.1 Å². The van der Waals surface area contributed by atoms with Crippen LogP contribution >= 0.6 is 63.7 Å². The van der Waals surface area contributed by atoms with E-state index in [1.165, 1.54) is 12.2 Å². The maximum atomic E-state index is 11.1. The lowest BCUT2D eigenvalue weighted by Gasteiger charge is -2.25. The van der Waals surface area contributed by atoms with Crippen molar-refractivity contribution in [1.29, 1.82) is 0 Å². The van der Waals surface area contributed by atoms with E-state index >= 15 is 0 Å². The zero-order valence-corrected chi connectivity index (χ0v) is 17.5. The van der Waals surface area contributed by atoms with Crippen molar-refractivity contribution in [3.63, 3.8) is 0 Å². The molecule has 0 saturated carbocycles. The van der Waals surface area contributed by atoms with Crippen LogP contribution in [-0.4, -0.2) is 12.2 Å². The highest BCUT2D eigenvalue weighted by molar-refractivity contribution is 9.11. The van der Waals surface area contributed by atoms with E-state index in [2.05, 4.69) is 73.7 Å². The summed E-state index contributed by atoms with van der Waals surface area (Å²) < 4.78 is 2.89. The third-order valence-corrected chi connectivity index (χ3v) is 5.33. The molecule has 0 fully saturated rings. The van der Waals surface area contributed by atoms with Gasteiger partial charge in [-0.15, -0.1) is 0 Å². The Morgan fingerprint density at radius 3 is 1.43 bits per heavy atom. The Bertz CT molecular complexity index is 785. The van der Waals surface area contributed by atoms with Crippen LogP contribution in [0.4, 0.5) is 0 Å². The van der Waals surface area contributed by atoms with Crippen molar-refractivity contribution in [3.8, 4) is 0 Å². The first-order chi connectivity index (χ1) is 10.9. The predicted octanol–water partition coefficient (Wildman–Crippen LogP) is 5.61. The quantitative estimate of drug-likeness (QED) is 0.358. The number of nitrogens with zero attached hydrogens (tertiary/aromatic N) is 2. The maximum absolute atomic E-state index is 11.1. The molecule has 0 aliphatic carbocycles. The van der Waals surface area contributed by atoms with Crippen LogP contribution in [0.5, 0.6) is 0 Å². The van der Waals surface area contributed by atoms with Gasteiger partial charge in [0.05, 0.1) is 0 Å². The summed E-state index contributed by atoms with van der Waals surface area (Å²) in [7, 11) is 0. The third-order valence-electron chi connectivity index (χ3n) is 3.03. The van der Waals surface area contributed by atoms with Gasteiger partial charge in [-0.2, -0.15) is 9.98 Å². The molecule has 0 atom stereocenters. The van der Waals surface area contributed by atoms with Gasteiger partial charge < -0.3 is 0 Å². The minimum Gasteiger partial charge on any atom is -0.211 e. The van der Waals surface area contributed by atoms with E-state index in [1.54, 1.807) is 36.4 Å².